The summed E-state index contributed by atoms with van der Waals surface area (Å²) >= 11 is 1.41. The van der Waals surface area contributed by atoms with Crippen molar-refractivity contribution in [2.24, 2.45) is 0 Å². The second-order valence-electron chi connectivity index (χ2n) is 11.6. The van der Waals surface area contributed by atoms with Gasteiger partial charge in [0.05, 0.1) is 53.8 Å². The number of hydrogen-bond donors (Lipinski definition) is 1. The summed E-state index contributed by atoms with van der Waals surface area (Å²) in [7, 11) is 1.59. The number of hydrogen-bond acceptors (Lipinski definition) is 10. The molecule has 2 fully saturated rings. The van der Waals surface area contributed by atoms with E-state index in [2.05, 4.69) is 9.97 Å². The Morgan fingerprint density at radius 1 is 1.04 bits per heavy atom. The SMILES string of the molecule is COCCOCCOCC(=O)N1CC(N(CC(=O)O)Cc2ccc(-c3cc4nccc(Oc5ccc([NH-])cc5F)c4s3)nc2)C1.[NH-]C1CC1.[Y]. The summed E-state index contributed by atoms with van der Waals surface area (Å²) in [4.78, 5) is 37.4. The zero-order valence-corrected chi connectivity index (χ0v) is 31.3. The Morgan fingerprint density at radius 3 is 2.44 bits per heavy atom. The summed E-state index contributed by atoms with van der Waals surface area (Å²) < 4.78 is 36.5. The van der Waals surface area contributed by atoms with Crippen LogP contribution in [0.1, 0.15) is 18.4 Å². The third-order valence-corrected chi connectivity index (χ3v) is 8.83. The number of halogens is 1. The topological polar surface area (TPSA) is 171 Å². The predicted octanol–water partition coefficient (Wildman–Crippen LogP) is 5.95. The quantitative estimate of drug-likeness (QED) is 0.134. The monoisotopic (exact) mass is 783 g/mol. The van der Waals surface area contributed by atoms with Gasteiger partial charge in [-0.1, -0.05) is 25.0 Å². The van der Waals surface area contributed by atoms with Crippen LogP contribution in [0.4, 0.5) is 10.1 Å². The number of carboxylic acids is 1. The van der Waals surface area contributed by atoms with E-state index in [-0.39, 0.29) is 69.2 Å². The van der Waals surface area contributed by atoms with Crippen LogP contribution in [0.3, 0.4) is 0 Å². The van der Waals surface area contributed by atoms with E-state index in [0.29, 0.717) is 69.1 Å². The van der Waals surface area contributed by atoms with Crippen LogP contribution in [-0.4, -0.2) is 109 Å². The first kappa shape index (κ1) is 39.6. The molecule has 0 atom stereocenters. The summed E-state index contributed by atoms with van der Waals surface area (Å²) in [5.74, 6) is -1.25. The number of carbonyl (C=O) groups excluding carboxylic acids is 1. The molecule has 3 aromatic heterocycles. The Morgan fingerprint density at radius 2 is 1.78 bits per heavy atom. The van der Waals surface area contributed by atoms with Crippen LogP contribution in [0, 0.1) is 5.82 Å². The Balaban J connectivity index is 0.00000105. The number of methoxy groups -OCH3 is 1. The van der Waals surface area contributed by atoms with Crippen molar-refractivity contribution in [2.75, 3.05) is 59.8 Å². The van der Waals surface area contributed by atoms with Crippen LogP contribution in [-0.2, 0) is 63.1 Å². The molecule has 3 N–H and O–H groups in total. The molecule has 1 amide bonds. The molecule has 0 bridgehead atoms. The molecule has 0 unspecified atom stereocenters. The molecule has 2 aliphatic rings. The van der Waals surface area contributed by atoms with Crippen molar-refractivity contribution in [3.63, 3.8) is 0 Å². The number of fused-ring (bicyclic) bond motifs is 1. The molecule has 16 heteroatoms. The zero-order chi connectivity index (χ0) is 34.8. The second-order valence-corrected chi connectivity index (χ2v) is 12.7. The number of aromatic nitrogens is 2. The van der Waals surface area contributed by atoms with E-state index in [4.69, 9.17) is 30.4 Å². The van der Waals surface area contributed by atoms with Gasteiger partial charge in [-0.2, -0.15) is 0 Å². The van der Waals surface area contributed by atoms with Gasteiger partial charge in [0, 0.05) is 84.0 Å². The third kappa shape index (κ3) is 11.7. The molecule has 1 aliphatic heterocycles. The van der Waals surface area contributed by atoms with E-state index in [9.17, 15) is 19.1 Å². The average Bonchev–Trinajstić information content (AvgIpc) is 3.71. The molecule has 6 rings (SSSR count). The van der Waals surface area contributed by atoms with Crippen molar-refractivity contribution in [3.8, 4) is 22.1 Å². The van der Waals surface area contributed by atoms with Crippen LogP contribution in [0.2, 0.25) is 0 Å². The maximum absolute atomic E-state index is 14.3. The predicted molar refractivity (Wildman–Crippen MR) is 183 cm³/mol. The molecule has 1 radical (unpaired) electrons. The fraction of sp³-hybridized carbons (Fsp3) is 0.412. The Bertz CT molecular complexity index is 1710. The standard InChI is InChI=1S/C31H33FN5O7S.C3H6N.Y/c1-41-8-9-42-10-11-43-19-29(38)37-16-22(17-37)36(18-30(39)40)15-20-2-4-24(35-14-20)28-13-25-31(45-28)27(6-7-34-25)44-26-5-3-21(33)12-23(26)32;4-3-1-2-3;/h2-7,12-14,22,33H,8-11,15-19H2,1H3,(H,39,40);3-4H,1-2H2;/q2*-1;. The van der Waals surface area contributed by atoms with E-state index in [1.165, 1.54) is 23.5 Å². The maximum Gasteiger partial charge on any atom is 0.317 e. The van der Waals surface area contributed by atoms with Gasteiger partial charge in [0.25, 0.3) is 0 Å². The minimum absolute atomic E-state index is 0. The van der Waals surface area contributed by atoms with Gasteiger partial charge >= 0.3 is 5.97 Å². The second kappa shape index (κ2) is 19.5. The minimum atomic E-state index is -0.951. The molecule has 1 saturated carbocycles. The zero-order valence-electron chi connectivity index (χ0n) is 27.7. The minimum Gasteiger partial charge on any atom is -0.699 e. The number of likely N-dealkylation sites (tertiary alicyclic amines) is 1. The molecule has 50 heavy (non-hydrogen) atoms. The van der Waals surface area contributed by atoms with Crippen molar-refractivity contribution < 1.29 is 70.7 Å². The third-order valence-electron chi connectivity index (χ3n) is 7.67. The average molecular weight is 784 g/mol. The Labute approximate surface area is 318 Å². The normalized spacial score (nSPS) is 14.1. The van der Waals surface area contributed by atoms with Gasteiger partial charge in [-0.3, -0.25) is 24.5 Å². The van der Waals surface area contributed by atoms with E-state index in [0.717, 1.165) is 34.0 Å². The van der Waals surface area contributed by atoms with Crippen molar-refractivity contribution in [1.29, 1.82) is 0 Å². The van der Waals surface area contributed by atoms with Crippen molar-refractivity contribution in [1.82, 2.24) is 19.8 Å². The molecule has 1 aliphatic carbocycles. The van der Waals surface area contributed by atoms with Gasteiger partial charge in [-0.05, 0) is 29.8 Å². The Kier molecular flexibility index (Phi) is 15.4. The number of pyridine rings is 2. The first-order valence-corrected chi connectivity index (χ1v) is 16.6. The number of amides is 1. The van der Waals surface area contributed by atoms with E-state index in [1.807, 2.05) is 23.1 Å². The van der Waals surface area contributed by atoms with E-state index >= 15 is 0 Å². The molecule has 265 valence electrons. The smallest absolute Gasteiger partial charge is 0.317 e. The van der Waals surface area contributed by atoms with Crippen LogP contribution < -0.4 is 4.74 Å². The fourth-order valence-corrected chi connectivity index (χ4v) is 5.84. The molecular formula is C34H39FN6O7SY-2. The molecule has 4 aromatic rings. The van der Waals surface area contributed by atoms with Crippen LogP contribution in [0.5, 0.6) is 11.5 Å². The number of thiophene rings is 1. The number of nitrogens with one attached hydrogen (secondary N) is 2. The van der Waals surface area contributed by atoms with Gasteiger partial charge in [-0.25, -0.2) is 4.39 Å². The van der Waals surface area contributed by atoms with Gasteiger partial charge in [0.15, 0.2) is 11.6 Å². The summed E-state index contributed by atoms with van der Waals surface area (Å²) in [6, 6.07) is 11.5. The summed E-state index contributed by atoms with van der Waals surface area (Å²) in [5, 5.41) is 9.51. The van der Waals surface area contributed by atoms with Crippen LogP contribution >= 0.6 is 11.3 Å². The Hall–Kier alpha value is -3.15. The molecule has 0 spiro atoms. The number of rotatable bonds is 16. The number of carbonyl (C=O) groups is 2. The molecular weight excluding hydrogens is 744 g/mol. The largest absolute Gasteiger partial charge is 0.699 e. The van der Waals surface area contributed by atoms with Crippen LogP contribution in [0.15, 0.2) is 54.9 Å². The van der Waals surface area contributed by atoms with Gasteiger partial charge in [0.1, 0.15) is 12.4 Å². The van der Waals surface area contributed by atoms with Gasteiger partial charge < -0.3 is 40.4 Å². The number of carboxylic acid groups (broad SMARTS) is 1. The van der Waals surface area contributed by atoms with Gasteiger partial charge in [0.2, 0.25) is 5.91 Å². The van der Waals surface area contributed by atoms with Crippen LogP contribution in [0.25, 0.3) is 32.3 Å². The number of benzene rings is 1. The van der Waals surface area contributed by atoms with Crippen molar-refractivity contribution in [3.05, 3.63) is 77.7 Å². The molecule has 13 nitrogen and oxygen atoms in total. The van der Waals surface area contributed by atoms with Crippen molar-refractivity contribution in [2.45, 2.75) is 31.5 Å². The first-order valence-electron chi connectivity index (χ1n) is 15.8. The molecule has 4 heterocycles. The molecule has 1 aromatic carbocycles. The van der Waals surface area contributed by atoms with Gasteiger partial charge in [-0.15, -0.1) is 23.1 Å². The fourth-order valence-electron chi connectivity index (χ4n) is 4.80. The van der Waals surface area contributed by atoms with E-state index < -0.39 is 11.8 Å². The number of ether oxygens (including phenoxy) is 4. The summed E-state index contributed by atoms with van der Waals surface area (Å²) in [6.07, 6.45) is 5.60. The van der Waals surface area contributed by atoms with Crippen molar-refractivity contribution >= 4 is 39.1 Å². The molecule has 1 saturated heterocycles. The summed E-state index contributed by atoms with van der Waals surface area (Å²) in [5.41, 5.74) is 16.5. The van der Waals surface area contributed by atoms with E-state index in [1.54, 1.807) is 30.5 Å². The summed E-state index contributed by atoms with van der Waals surface area (Å²) in [6.45, 7) is 2.61. The maximum atomic E-state index is 14.3. The number of nitrogens with zero attached hydrogens (tertiary/aromatic N) is 4. The first-order chi connectivity index (χ1) is 23.7. The number of aliphatic carboxylic acids is 1.